The molecule has 1 unspecified atom stereocenters. The summed E-state index contributed by atoms with van der Waals surface area (Å²) in [5, 5.41) is 10.8. The van der Waals surface area contributed by atoms with Crippen molar-refractivity contribution in [3.63, 3.8) is 0 Å². The lowest BCUT2D eigenvalue weighted by atomic mass is 10.0. The van der Waals surface area contributed by atoms with E-state index in [1.54, 1.807) is 0 Å². The highest BCUT2D eigenvalue weighted by Crippen LogP contribution is 2.31. The van der Waals surface area contributed by atoms with E-state index in [2.05, 4.69) is 0 Å². The van der Waals surface area contributed by atoms with Crippen LogP contribution in [0.4, 0.5) is 5.69 Å². The molecule has 0 aromatic heterocycles. The summed E-state index contributed by atoms with van der Waals surface area (Å²) >= 11 is 1.92. The first kappa shape index (κ1) is 12.8. The number of thioether (sulfide) groups is 1. The first-order chi connectivity index (χ1) is 8.25. The van der Waals surface area contributed by atoms with Crippen molar-refractivity contribution in [2.45, 2.75) is 43.5 Å². The second-order valence-corrected chi connectivity index (χ2v) is 6.11. The van der Waals surface area contributed by atoms with Crippen LogP contribution in [0.3, 0.4) is 0 Å². The van der Waals surface area contributed by atoms with Gasteiger partial charge in [-0.1, -0.05) is 31.4 Å². The van der Waals surface area contributed by atoms with Crippen molar-refractivity contribution in [1.29, 1.82) is 0 Å². The van der Waals surface area contributed by atoms with Crippen molar-refractivity contribution < 1.29 is 5.11 Å². The minimum Gasteiger partial charge on any atom is -0.399 e. The van der Waals surface area contributed by atoms with Gasteiger partial charge in [-0.05, 0) is 30.5 Å². The molecule has 0 aliphatic heterocycles. The van der Waals surface area contributed by atoms with Gasteiger partial charge < -0.3 is 10.8 Å². The molecule has 1 aromatic carbocycles. The van der Waals surface area contributed by atoms with E-state index in [4.69, 9.17) is 5.73 Å². The summed E-state index contributed by atoms with van der Waals surface area (Å²) < 4.78 is 0. The average Bonchev–Trinajstić information content (AvgIpc) is 2.37. The summed E-state index contributed by atoms with van der Waals surface area (Å²) in [5.74, 6) is 0.786. The van der Waals surface area contributed by atoms with Crippen LogP contribution in [0.15, 0.2) is 24.3 Å². The molecule has 0 spiro atoms. The molecule has 2 nitrogen and oxygen atoms in total. The monoisotopic (exact) mass is 251 g/mol. The normalized spacial score (nSPS) is 19.1. The Labute approximate surface area is 108 Å². The van der Waals surface area contributed by atoms with Crippen LogP contribution >= 0.6 is 11.8 Å². The van der Waals surface area contributed by atoms with Crippen LogP contribution < -0.4 is 5.73 Å². The summed E-state index contributed by atoms with van der Waals surface area (Å²) in [4.78, 5) is 0. The number of aliphatic hydroxyl groups excluding tert-OH is 1. The maximum Gasteiger partial charge on any atom is 0.0881 e. The van der Waals surface area contributed by atoms with Crippen molar-refractivity contribution >= 4 is 17.4 Å². The molecule has 1 aliphatic carbocycles. The molecule has 2 rings (SSSR count). The second kappa shape index (κ2) is 6.31. The van der Waals surface area contributed by atoms with Gasteiger partial charge in [-0.25, -0.2) is 0 Å². The highest BCUT2D eigenvalue weighted by Gasteiger charge is 2.16. The molecule has 3 N–H and O–H groups in total. The molecule has 1 aromatic rings. The molecular weight excluding hydrogens is 230 g/mol. The van der Waals surface area contributed by atoms with Crippen molar-refractivity contribution in [2.75, 3.05) is 11.5 Å². The van der Waals surface area contributed by atoms with Crippen LogP contribution in [0.1, 0.15) is 43.8 Å². The summed E-state index contributed by atoms with van der Waals surface area (Å²) in [6.07, 6.45) is 6.33. The van der Waals surface area contributed by atoms with Crippen molar-refractivity contribution in [3.05, 3.63) is 29.8 Å². The van der Waals surface area contributed by atoms with Crippen LogP contribution in [0.5, 0.6) is 0 Å². The first-order valence-corrected chi connectivity index (χ1v) is 7.45. The lowest BCUT2D eigenvalue weighted by Crippen LogP contribution is -2.11. The van der Waals surface area contributed by atoms with E-state index < -0.39 is 0 Å². The largest absolute Gasteiger partial charge is 0.399 e. The molecule has 94 valence electrons. The molecule has 0 heterocycles. The van der Waals surface area contributed by atoms with E-state index in [1.807, 2.05) is 36.0 Å². The number of benzene rings is 1. The zero-order chi connectivity index (χ0) is 12.1. The topological polar surface area (TPSA) is 46.2 Å². The van der Waals surface area contributed by atoms with Crippen LogP contribution in [0, 0.1) is 0 Å². The Balaban J connectivity index is 1.82. The zero-order valence-electron chi connectivity index (χ0n) is 10.1. The molecule has 0 radical (unpaired) electrons. The van der Waals surface area contributed by atoms with E-state index in [0.717, 1.165) is 22.3 Å². The summed E-state index contributed by atoms with van der Waals surface area (Å²) in [6, 6.07) is 7.57. The van der Waals surface area contributed by atoms with Gasteiger partial charge in [0.25, 0.3) is 0 Å². The van der Waals surface area contributed by atoms with Crippen LogP contribution in [0.25, 0.3) is 0 Å². The fourth-order valence-electron chi connectivity index (χ4n) is 2.32. The predicted octanol–water partition coefficient (Wildman–Crippen LogP) is 3.37. The molecule has 0 saturated heterocycles. The third kappa shape index (κ3) is 3.93. The number of hydrogen-bond acceptors (Lipinski definition) is 3. The van der Waals surface area contributed by atoms with Gasteiger partial charge in [0, 0.05) is 16.7 Å². The molecule has 0 amide bonds. The second-order valence-electron chi connectivity index (χ2n) is 4.78. The van der Waals surface area contributed by atoms with Gasteiger partial charge >= 0.3 is 0 Å². The van der Waals surface area contributed by atoms with E-state index >= 15 is 0 Å². The highest BCUT2D eigenvalue weighted by atomic mass is 32.2. The number of rotatable bonds is 4. The molecule has 1 fully saturated rings. The van der Waals surface area contributed by atoms with Gasteiger partial charge in [0.15, 0.2) is 0 Å². The number of nitrogen functional groups attached to an aromatic ring is 1. The van der Waals surface area contributed by atoms with E-state index in [0.29, 0.717) is 0 Å². The Bertz CT molecular complexity index is 350. The van der Waals surface area contributed by atoms with Gasteiger partial charge in [0.05, 0.1) is 6.10 Å². The smallest absolute Gasteiger partial charge is 0.0881 e. The van der Waals surface area contributed by atoms with Crippen molar-refractivity contribution in [1.82, 2.24) is 0 Å². The summed E-state index contributed by atoms with van der Waals surface area (Å²) in [7, 11) is 0. The Morgan fingerprint density at radius 2 is 2.06 bits per heavy atom. The van der Waals surface area contributed by atoms with Gasteiger partial charge in [0.1, 0.15) is 0 Å². The van der Waals surface area contributed by atoms with Crippen molar-refractivity contribution in [2.24, 2.45) is 0 Å². The quantitative estimate of drug-likeness (QED) is 0.807. The molecule has 1 atom stereocenters. The molecule has 3 heteroatoms. The Kier molecular flexibility index (Phi) is 4.75. The summed E-state index contributed by atoms with van der Waals surface area (Å²) in [6.45, 7) is 0. The number of hydrogen-bond donors (Lipinski definition) is 2. The van der Waals surface area contributed by atoms with Crippen LogP contribution in [-0.2, 0) is 0 Å². The third-order valence-corrected chi connectivity index (χ3v) is 4.79. The Morgan fingerprint density at radius 3 is 2.76 bits per heavy atom. The molecule has 17 heavy (non-hydrogen) atoms. The number of nitrogens with two attached hydrogens (primary N) is 1. The minimum atomic E-state index is -0.384. The maximum absolute atomic E-state index is 10.1. The lowest BCUT2D eigenvalue weighted by molar-refractivity contribution is 0.204. The van der Waals surface area contributed by atoms with E-state index in [1.165, 1.54) is 32.1 Å². The lowest BCUT2D eigenvalue weighted by Gasteiger charge is -2.22. The molecule has 0 bridgehead atoms. The fourth-order valence-corrected chi connectivity index (χ4v) is 3.64. The zero-order valence-corrected chi connectivity index (χ0v) is 11.0. The SMILES string of the molecule is Nc1cccc(C(O)CSC2CCCCC2)c1. The predicted molar refractivity (Wildman–Crippen MR) is 75.1 cm³/mol. The van der Waals surface area contributed by atoms with Crippen LogP contribution in [-0.4, -0.2) is 16.1 Å². The Morgan fingerprint density at radius 1 is 1.29 bits per heavy atom. The van der Waals surface area contributed by atoms with E-state index in [-0.39, 0.29) is 6.10 Å². The van der Waals surface area contributed by atoms with Gasteiger partial charge in [0.2, 0.25) is 0 Å². The molecule has 1 aliphatic rings. The van der Waals surface area contributed by atoms with Crippen molar-refractivity contribution in [3.8, 4) is 0 Å². The third-order valence-electron chi connectivity index (χ3n) is 3.34. The van der Waals surface area contributed by atoms with E-state index in [9.17, 15) is 5.11 Å². The van der Waals surface area contributed by atoms with Crippen LogP contribution in [0.2, 0.25) is 0 Å². The number of anilines is 1. The standard InChI is InChI=1S/C14H21NOS/c15-12-6-4-5-11(9-12)14(16)10-17-13-7-2-1-3-8-13/h4-6,9,13-14,16H,1-3,7-8,10,15H2. The van der Waals surface area contributed by atoms with Gasteiger partial charge in [-0.2, -0.15) is 11.8 Å². The van der Waals surface area contributed by atoms with Gasteiger partial charge in [-0.3, -0.25) is 0 Å². The Hall–Kier alpha value is -0.670. The van der Waals surface area contributed by atoms with Gasteiger partial charge in [-0.15, -0.1) is 0 Å². The average molecular weight is 251 g/mol. The molecule has 1 saturated carbocycles. The summed E-state index contributed by atoms with van der Waals surface area (Å²) in [5.41, 5.74) is 7.38. The molecular formula is C14H21NOS. The fraction of sp³-hybridized carbons (Fsp3) is 0.571. The maximum atomic E-state index is 10.1. The highest BCUT2D eigenvalue weighted by molar-refractivity contribution is 7.99. The minimum absolute atomic E-state index is 0.384. The first-order valence-electron chi connectivity index (χ1n) is 6.41. The number of aliphatic hydroxyl groups is 1.